The lowest BCUT2D eigenvalue weighted by Gasteiger charge is -2.35. The van der Waals surface area contributed by atoms with Crippen molar-refractivity contribution in [3.05, 3.63) is 77.4 Å². The molecule has 0 saturated carbocycles. The number of rotatable bonds is 7. The van der Waals surface area contributed by atoms with Gasteiger partial charge in [0, 0.05) is 32.2 Å². The summed E-state index contributed by atoms with van der Waals surface area (Å²) in [7, 11) is 1.93. The second-order valence-electron chi connectivity index (χ2n) is 8.00. The summed E-state index contributed by atoms with van der Waals surface area (Å²) in [6, 6.07) is 16.3. The molecular formula is C25H32N2O. The van der Waals surface area contributed by atoms with Crippen molar-refractivity contribution in [2.24, 2.45) is 5.92 Å². The Hall–Kier alpha value is -2.39. The monoisotopic (exact) mass is 376 g/mol. The van der Waals surface area contributed by atoms with E-state index in [1.807, 2.05) is 36.2 Å². The van der Waals surface area contributed by atoms with Crippen molar-refractivity contribution in [2.45, 2.75) is 26.2 Å². The maximum Gasteiger partial charge on any atom is 0.253 e. The Bertz CT molecular complexity index is 796. The first kappa shape index (κ1) is 20.3. The fourth-order valence-corrected chi connectivity index (χ4v) is 4.12. The maximum atomic E-state index is 12.7. The van der Waals surface area contributed by atoms with E-state index in [-0.39, 0.29) is 5.91 Å². The van der Waals surface area contributed by atoms with E-state index in [9.17, 15) is 4.79 Å². The van der Waals surface area contributed by atoms with Gasteiger partial charge in [0.05, 0.1) is 0 Å². The number of piperidine rings is 1. The summed E-state index contributed by atoms with van der Waals surface area (Å²) < 4.78 is 0. The molecule has 3 heteroatoms. The number of aryl methyl sites for hydroxylation is 1. The van der Waals surface area contributed by atoms with Crippen LogP contribution in [0.4, 0.5) is 0 Å². The predicted octanol–water partition coefficient (Wildman–Crippen LogP) is 4.66. The van der Waals surface area contributed by atoms with Crippen LogP contribution in [0.5, 0.6) is 0 Å². The van der Waals surface area contributed by atoms with E-state index in [1.54, 1.807) is 6.08 Å². The second kappa shape index (κ2) is 9.70. The normalized spacial score (nSPS) is 17.3. The number of likely N-dealkylation sites (tertiary alicyclic amines) is 1. The third-order valence-corrected chi connectivity index (χ3v) is 5.83. The zero-order valence-corrected chi connectivity index (χ0v) is 17.2. The van der Waals surface area contributed by atoms with Gasteiger partial charge in [0.1, 0.15) is 0 Å². The zero-order valence-electron chi connectivity index (χ0n) is 17.2. The molecule has 0 unspecified atom stereocenters. The molecule has 0 N–H and O–H groups in total. The molecule has 148 valence electrons. The summed E-state index contributed by atoms with van der Waals surface area (Å²) in [6.07, 6.45) is 5.32. The predicted molar refractivity (Wildman–Crippen MR) is 118 cm³/mol. The standard InChI is InChI=1S/C25H32N2O/c1-4-21-11-13-24(14-12-21)25(28)26(3)18-22-9-7-16-27(19-22)17-15-23-10-6-5-8-20(23)2/h4-6,8,10-14,22H,1,7,9,15-19H2,2-3H3/t22-/m1/s1. The van der Waals surface area contributed by atoms with E-state index in [0.717, 1.165) is 37.2 Å². The fraction of sp³-hybridized carbons (Fsp3) is 0.400. The van der Waals surface area contributed by atoms with Gasteiger partial charge >= 0.3 is 0 Å². The number of nitrogens with zero attached hydrogens (tertiary/aromatic N) is 2. The average molecular weight is 377 g/mol. The summed E-state index contributed by atoms with van der Waals surface area (Å²) in [5, 5.41) is 0. The highest BCUT2D eigenvalue weighted by Gasteiger charge is 2.23. The van der Waals surface area contributed by atoms with Crippen LogP contribution in [0.25, 0.3) is 6.08 Å². The Labute approximate surface area is 169 Å². The molecule has 1 saturated heterocycles. The molecule has 1 heterocycles. The third kappa shape index (κ3) is 5.32. The lowest BCUT2D eigenvalue weighted by molar-refractivity contribution is 0.0730. The van der Waals surface area contributed by atoms with Crippen molar-refractivity contribution in [2.75, 3.05) is 33.2 Å². The number of carbonyl (C=O) groups is 1. The van der Waals surface area contributed by atoms with Gasteiger partial charge in [-0.2, -0.15) is 0 Å². The fourth-order valence-electron chi connectivity index (χ4n) is 4.12. The highest BCUT2D eigenvalue weighted by atomic mass is 16.2. The van der Waals surface area contributed by atoms with Gasteiger partial charge in [-0.25, -0.2) is 0 Å². The lowest BCUT2D eigenvalue weighted by Crippen LogP contribution is -2.42. The quantitative estimate of drug-likeness (QED) is 0.701. The van der Waals surface area contributed by atoms with Crippen LogP contribution in [0, 0.1) is 12.8 Å². The van der Waals surface area contributed by atoms with Gasteiger partial charge < -0.3 is 9.80 Å². The average Bonchev–Trinajstić information content (AvgIpc) is 2.73. The summed E-state index contributed by atoms with van der Waals surface area (Å²) in [5.74, 6) is 0.652. The molecule has 1 aliphatic rings. The smallest absolute Gasteiger partial charge is 0.253 e. The molecule has 1 amide bonds. The van der Waals surface area contributed by atoms with Crippen molar-refractivity contribution >= 4 is 12.0 Å². The van der Waals surface area contributed by atoms with Crippen molar-refractivity contribution < 1.29 is 4.79 Å². The highest BCUT2D eigenvalue weighted by Crippen LogP contribution is 2.19. The van der Waals surface area contributed by atoms with E-state index in [0.29, 0.717) is 5.92 Å². The van der Waals surface area contributed by atoms with Crippen LogP contribution in [0.3, 0.4) is 0 Å². The van der Waals surface area contributed by atoms with Gasteiger partial charge in [0.25, 0.3) is 5.91 Å². The molecular weight excluding hydrogens is 344 g/mol. The molecule has 2 aromatic carbocycles. The molecule has 3 nitrogen and oxygen atoms in total. The Morgan fingerprint density at radius 1 is 1.21 bits per heavy atom. The molecule has 0 bridgehead atoms. The molecule has 3 rings (SSSR count). The zero-order chi connectivity index (χ0) is 19.9. The van der Waals surface area contributed by atoms with E-state index in [1.165, 1.54) is 30.5 Å². The topological polar surface area (TPSA) is 23.6 Å². The summed E-state index contributed by atoms with van der Waals surface area (Å²) in [4.78, 5) is 17.2. The summed E-state index contributed by atoms with van der Waals surface area (Å²) >= 11 is 0. The molecule has 1 aliphatic heterocycles. The van der Waals surface area contributed by atoms with Gasteiger partial charge in [-0.1, -0.05) is 49.1 Å². The van der Waals surface area contributed by atoms with Crippen LogP contribution < -0.4 is 0 Å². The lowest BCUT2D eigenvalue weighted by atomic mass is 9.96. The van der Waals surface area contributed by atoms with E-state index >= 15 is 0 Å². The number of amides is 1. The minimum absolute atomic E-state index is 0.104. The largest absolute Gasteiger partial charge is 0.341 e. The maximum absolute atomic E-state index is 12.7. The van der Waals surface area contributed by atoms with E-state index in [4.69, 9.17) is 0 Å². The Balaban J connectivity index is 1.51. The van der Waals surface area contributed by atoms with Gasteiger partial charge in [-0.3, -0.25) is 4.79 Å². The first-order chi connectivity index (χ1) is 13.6. The van der Waals surface area contributed by atoms with Gasteiger partial charge in [0.2, 0.25) is 0 Å². The minimum atomic E-state index is 0.104. The number of hydrogen-bond donors (Lipinski definition) is 0. The third-order valence-electron chi connectivity index (χ3n) is 5.83. The first-order valence-corrected chi connectivity index (χ1v) is 10.3. The Morgan fingerprint density at radius 3 is 2.68 bits per heavy atom. The SMILES string of the molecule is C=Cc1ccc(C(=O)N(C)C[C@H]2CCCN(CCc3ccccc3C)C2)cc1. The number of benzene rings is 2. The van der Waals surface area contributed by atoms with Crippen molar-refractivity contribution in [1.29, 1.82) is 0 Å². The van der Waals surface area contributed by atoms with Crippen LogP contribution in [-0.4, -0.2) is 48.9 Å². The van der Waals surface area contributed by atoms with Crippen molar-refractivity contribution in [3.63, 3.8) is 0 Å². The van der Waals surface area contributed by atoms with Gasteiger partial charge in [-0.15, -0.1) is 0 Å². The summed E-state index contributed by atoms with van der Waals surface area (Å²) in [5.41, 5.74) is 4.61. The molecule has 0 aromatic heterocycles. The van der Waals surface area contributed by atoms with Crippen LogP contribution in [0.2, 0.25) is 0 Å². The van der Waals surface area contributed by atoms with Crippen LogP contribution >= 0.6 is 0 Å². The Kier molecular flexibility index (Phi) is 7.05. The highest BCUT2D eigenvalue weighted by molar-refractivity contribution is 5.94. The molecule has 1 fully saturated rings. The first-order valence-electron chi connectivity index (χ1n) is 10.3. The van der Waals surface area contributed by atoms with Crippen LogP contribution in [-0.2, 0) is 6.42 Å². The van der Waals surface area contributed by atoms with Crippen LogP contribution in [0.1, 0.15) is 39.9 Å². The molecule has 0 spiro atoms. The van der Waals surface area contributed by atoms with Crippen LogP contribution in [0.15, 0.2) is 55.1 Å². The van der Waals surface area contributed by atoms with Crippen molar-refractivity contribution in [3.8, 4) is 0 Å². The van der Waals surface area contributed by atoms with Crippen molar-refractivity contribution in [1.82, 2.24) is 9.80 Å². The molecule has 0 aliphatic carbocycles. The molecule has 0 radical (unpaired) electrons. The minimum Gasteiger partial charge on any atom is -0.341 e. The Morgan fingerprint density at radius 2 is 1.96 bits per heavy atom. The molecule has 28 heavy (non-hydrogen) atoms. The molecule has 2 aromatic rings. The summed E-state index contributed by atoms with van der Waals surface area (Å²) in [6.45, 7) is 10.1. The van der Waals surface area contributed by atoms with Gasteiger partial charge in [0.15, 0.2) is 0 Å². The molecule has 1 atom stereocenters. The number of carbonyl (C=O) groups excluding carboxylic acids is 1. The second-order valence-corrected chi connectivity index (χ2v) is 8.00. The van der Waals surface area contributed by atoms with E-state index < -0.39 is 0 Å². The van der Waals surface area contributed by atoms with Gasteiger partial charge in [-0.05, 0) is 67.5 Å². The number of hydrogen-bond acceptors (Lipinski definition) is 2. The van der Waals surface area contributed by atoms with E-state index in [2.05, 4.69) is 42.7 Å².